The maximum Gasteiger partial charge on any atom is 0.326 e. The van der Waals surface area contributed by atoms with E-state index < -0.39 is 158 Å². The molecular weight excluding hydrogens is 845 g/mol. The maximum absolute atomic E-state index is 13.8. The van der Waals surface area contributed by atoms with E-state index in [0.29, 0.717) is 5.75 Å². The minimum absolute atomic E-state index is 0.0154. The number of thioether (sulfide) groups is 1. The fourth-order valence-electron chi connectivity index (χ4n) is 5.47. The molecule has 0 aromatic heterocycles. The lowest BCUT2D eigenvalue weighted by Crippen LogP contribution is -2.61. The number of aliphatic carboxylic acids is 4. The molecule has 0 aromatic rings. The minimum Gasteiger partial charge on any atom is -0.481 e. The zero-order valence-electron chi connectivity index (χ0n) is 35.7. The molecule has 0 spiro atoms. The molecule has 25 heteroatoms. The summed E-state index contributed by atoms with van der Waals surface area (Å²) in [5.74, 6) is -13.5. The Hall–Kier alpha value is -5.56. The Bertz CT molecular complexity index is 1610. The van der Waals surface area contributed by atoms with Crippen LogP contribution in [-0.2, 0) is 52.7 Å². The number of carboxylic acids is 4. The number of nitrogens with two attached hydrogens (primary N) is 1. The molecule has 0 saturated heterocycles. The molecule has 62 heavy (non-hydrogen) atoms. The molecule has 352 valence electrons. The van der Waals surface area contributed by atoms with E-state index in [1.165, 1.54) is 18.7 Å². The van der Waals surface area contributed by atoms with E-state index in [1.54, 1.807) is 34.0 Å². The highest BCUT2D eigenvalue weighted by Crippen LogP contribution is 2.12. The van der Waals surface area contributed by atoms with Gasteiger partial charge in [-0.15, -0.1) is 0 Å². The van der Waals surface area contributed by atoms with Crippen LogP contribution in [0.3, 0.4) is 0 Å². The van der Waals surface area contributed by atoms with Crippen LogP contribution in [0.4, 0.5) is 0 Å². The third kappa shape index (κ3) is 21.8. The van der Waals surface area contributed by atoms with E-state index in [9.17, 15) is 73.2 Å². The molecule has 9 atom stereocenters. The quantitative estimate of drug-likeness (QED) is 0.0338. The largest absolute Gasteiger partial charge is 0.481 e. The first-order chi connectivity index (χ1) is 28.7. The van der Waals surface area contributed by atoms with Crippen LogP contribution >= 0.6 is 11.8 Å². The maximum atomic E-state index is 13.8. The summed E-state index contributed by atoms with van der Waals surface area (Å²) in [5.41, 5.74) is 5.53. The third-order valence-electron chi connectivity index (χ3n) is 8.86. The Morgan fingerprint density at radius 3 is 1.26 bits per heavy atom. The molecule has 0 bridgehead atoms. The van der Waals surface area contributed by atoms with Gasteiger partial charge in [-0.2, -0.15) is 11.8 Å². The summed E-state index contributed by atoms with van der Waals surface area (Å²) in [7, 11) is 0. The fraction of sp³-hybridized carbons (Fsp3) is 0.703. The molecule has 7 amide bonds. The molecule has 0 aliphatic rings. The summed E-state index contributed by atoms with van der Waals surface area (Å²) in [4.78, 5) is 139. The number of aliphatic hydroxyl groups is 1. The summed E-state index contributed by atoms with van der Waals surface area (Å²) in [5, 5.41) is 63.6. The van der Waals surface area contributed by atoms with Gasteiger partial charge in [-0.1, -0.05) is 27.7 Å². The number of hydrogen-bond acceptors (Lipinski definition) is 14. The number of amides is 7. The van der Waals surface area contributed by atoms with Crippen molar-refractivity contribution >= 4 is 77.0 Å². The SMILES string of the molecule is CSCC[C@H](NC(=O)[C@@H](NC(=O)[C@H](CC(C)C)NC(=O)[C@H](CCC(=O)O)NC(=O)[C@H](CCC(=O)O)NC(=O)[C@@H](NC(=O)[C@H](C)N)[C@@H](C)O)C(C)C)C(=O)N[C@@H](CC(=O)O)C(=O)O. The number of aliphatic hydroxyl groups excluding tert-OH is 1. The van der Waals surface area contributed by atoms with Crippen molar-refractivity contribution in [2.45, 2.75) is 141 Å². The Labute approximate surface area is 362 Å². The van der Waals surface area contributed by atoms with Crippen LogP contribution in [0.1, 0.15) is 86.5 Å². The number of hydrogen-bond donors (Lipinski definition) is 13. The minimum atomic E-state index is -1.81. The molecule has 0 aliphatic heterocycles. The van der Waals surface area contributed by atoms with Gasteiger partial charge in [0.25, 0.3) is 0 Å². The topological polar surface area (TPSA) is 399 Å². The van der Waals surface area contributed by atoms with Gasteiger partial charge in [-0.3, -0.25) is 47.9 Å². The van der Waals surface area contributed by atoms with Gasteiger partial charge in [-0.05, 0) is 63.4 Å². The smallest absolute Gasteiger partial charge is 0.326 e. The summed E-state index contributed by atoms with van der Waals surface area (Å²) < 4.78 is 0. The summed E-state index contributed by atoms with van der Waals surface area (Å²) in [6, 6.07) is -12.1. The Morgan fingerprint density at radius 1 is 0.500 bits per heavy atom. The lowest BCUT2D eigenvalue weighted by Gasteiger charge is -2.29. The average Bonchev–Trinajstić information content (AvgIpc) is 3.15. The molecule has 0 heterocycles. The van der Waals surface area contributed by atoms with Crippen molar-refractivity contribution in [3.8, 4) is 0 Å². The van der Waals surface area contributed by atoms with E-state index >= 15 is 0 Å². The van der Waals surface area contributed by atoms with Gasteiger partial charge in [0.15, 0.2) is 0 Å². The van der Waals surface area contributed by atoms with Crippen LogP contribution in [0.15, 0.2) is 0 Å². The van der Waals surface area contributed by atoms with E-state index in [0.717, 1.165) is 6.92 Å². The molecule has 0 fully saturated rings. The second-order valence-corrected chi connectivity index (χ2v) is 16.2. The van der Waals surface area contributed by atoms with Crippen LogP contribution in [0.2, 0.25) is 0 Å². The van der Waals surface area contributed by atoms with Crippen molar-refractivity contribution in [1.29, 1.82) is 0 Å². The number of carboxylic acid groups (broad SMARTS) is 4. The standard InChI is InChI=1S/C37H62N8O16S/c1-16(2)14-23(34(57)44-28(17(3)4)35(58)41-22(12-13-62-7)33(56)43-24(37(60)61)15-27(51)52)42-32(55)20(8-10-25(47)48)39-31(54)21(9-11-26(49)50)40-36(59)29(19(6)46)45-30(53)18(5)38/h16-24,28-29,46H,8-15,38H2,1-7H3,(H,39,54)(H,40,59)(H,41,58)(H,42,55)(H,43,56)(H,44,57)(H,45,53)(H,47,48)(H,49,50)(H,51,52)(H,60,61)/t18-,19+,20-,21-,22-,23-,24-,28-,29-/m0/s1. The van der Waals surface area contributed by atoms with Crippen LogP contribution < -0.4 is 43.0 Å². The van der Waals surface area contributed by atoms with Crippen molar-refractivity contribution in [2.75, 3.05) is 12.0 Å². The van der Waals surface area contributed by atoms with Crippen molar-refractivity contribution in [3.05, 3.63) is 0 Å². The van der Waals surface area contributed by atoms with Crippen LogP contribution in [-0.4, -0.2) is 157 Å². The lowest BCUT2D eigenvalue weighted by atomic mass is 9.99. The Kier molecular flexibility index (Phi) is 25.6. The first kappa shape index (κ1) is 56.4. The van der Waals surface area contributed by atoms with E-state index in [-0.39, 0.29) is 18.8 Å². The highest BCUT2D eigenvalue weighted by atomic mass is 32.2. The van der Waals surface area contributed by atoms with Gasteiger partial charge in [-0.25, -0.2) is 4.79 Å². The molecule has 0 unspecified atom stereocenters. The fourth-order valence-corrected chi connectivity index (χ4v) is 5.95. The molecule has 0 rings (SSSR count). The second kappa shape index (κ2) is 28.1. The molecule has 14 N–H and O–H groups in total. The highest BCUT2D eigenvalue weighted by molar-refractivity contribution is 7.98. The summed E-state index contributed by atoms with van der Waals surface area (Å²) >= 11 is 1.29. The zero-order valence-corrected chi connectivity index (χ0v) is 36.5. The highest BCUT2D eigenvalue weighted by Gasteiger charge is 2.36. The van der Waals surface area contributed by atoms with Gasteiger partial charge in [0, 0.05) is 12.8 Å². The molecule has 24 nitrogen and oxygen atoms in total. The van der Waals surface area contributed by atoms with E-state index in [2.05, 4.69) is 37.2 Å². The van der Waals surface area contributed by atoms with Gasteiger partial charge < -0.3 is 68.5 Å². The number of carbonyl (C=O) groups excluding carboxylic acids is 7. The van der Waals surface area contributed by atoms with Gasteiger partial charge in [0.05, 0.1) is 18.6 Å². The summed E-state index contributed by atoms with van der Waals surface area (Å²) in [6.07, 6.45) is -3.34. The number of carbonyl (C=O) groups is 11. The normalized spacial score (nSPS) is 15.5. The monoisotopic (exact) mass is 906 g/mol. The van der Waals surface area contributed by atoms with Crippen LogP contribution in [0.25, 0.3) is 0 Å². The Balaban J connectivity index is 6.52. The first-order valence-corrected chi connectivity index (χ1v) is 21.0. The van der Waals surface area contributed by atoms with Crippen molar-refractivity contribution < 1.29 is 78.3 Å². The van der Waals surface area contributed by atoms with Crippen LogP contribution in [0, 0.1) is 11.8 Å². The number of rotatable bonds is 30. The van der Waals surface area contributed by atoms with E-state index in [4.69, 9.17) is 10.8 Å². The van der Waals surface area contributed by atoms with Crippen molar-refractivity contribution in [1.82, 2.24) is 37.2 Å². The second-order valence-electron chi connectivity index (χ2n) is 15.3. The van der Waals surface area contributed by atoms with Crippen molar-refractivity contribution in [2.24, 2.45) is 17.6 Å². The molecule has 0 aliphatic carbocycles. The van der Waals surface area contributed by atoms with Gasteiger partial charge >= 0.3 is 23.9 Å². The zero-order chi connectivity index (χ0) is 48.0. The average molecular weight is 907 g/mol. The predicted molar refractivity (Wildman–Crippen MR) is 220 cm³/mol. The predicted octanol–water partition coefficient (Wildman–Crippen LogP) is -3.15. The van der Waals surface area contributed by atoms with Crippen molar-refractivity contribution in [3.63, 3.8) is 0 Å². The molecule has 0 aromatic carbocycles. The van der Waals surface area contributed by atoms with E-state index in [1.807, 2.05) is 0 Å². The Morgan fingerprint density at radius 2 is 0.887 bits per heavy atom. The molecule has 0 saturated carbocycles. The lowest BCUT2D eigenvalue weighted by molar-refractivity contribution is -0.147. The van der Waals surface area contributed by atoms with Crippen LogP contribution in [0.5, 0.6) is 0 Å². The summed E-state index contributed by atoms with van der Waals surface area (Å²) in [6.45, 7) is 8.94. The first-order valence-electron chi connectivity index (χ1n) is 19.6. The molecular formula is C37H62N8O16S. The van der Waals surface area contributed by atoms with Gasteiger partial charge in [0.2, 0.25) is 41.4 Å². The molecule has 0 radical (unpaired) electrons. The number of nitrogens with one attached hydrogen (secondary N) is 7. The van der Waals surface area contributed by atoms with Gasteiger partial charge in [0.1, 0.15) is 42.3 Å². The third-order valence-corrected chi connectivity index (χ3v) is 9.50.